The van der Waals surface area contributed by atoms with Crippen LogP contribution in [0.1, 0.15) is 38.8 Å². The predicted octanol–water partition coefficient (Wildman–Crippen LogP) is 2.16. The highest BCUT2D eigenvalue weighted by Crippen LogP contribution is 2.20. The molecule has 0 spiro atoms. The van der Waals surface area contributed by atoms with E-state index >= 15 is 0 Å². The molecule has 0 saturated heterocycles. The quantitative estimate of drug-likeness (QED) is 0.760. The molecule has 0 saturated carbocycles. The number of nitrogens with one attached hydrogen (secondary N) is 1. The van der Waals surface area contributed by atoms with Crippen molar-refractivity contribution in [2.75, 3.05) is 6.54 Å². The Morgan fingerprint density at radius 3 is 2.83 bits per heavy atom. The highest BCUT2D eigenvalue weighted by Gasteiger charge is 2.14. The lowest BCUT2D eigenvalue weighted by Crippen LogP contribution is -2.24. The van der Waals surface area contributed by atoms with Crippen LogP contribution in [0.3, 0.4) is 0 Å². The molecule has 1 unspecified atom stereocenters. The molecule has 1 heterocycles. The van der Waals surface area contributed by atoms with Crippen molar-refractivity contribution in [1.82, 2.24) is 10.3 Å². The van der Waals surface area contributed by atoms with E-state index in [9.17, 15) is 4.79 Å². The second-order valence-corrected chi connectivity index (χ2v) is 5.60. The number of rotatable bonds is 8. The smallest absolute Gasteiger partial charge is 0.220 e. The van der Waals surface area contributed by atoms with Crippen LogP contribution in [0, 0.1) is 11.8 Å². The molecule has 0 radical (unpaired) electrons. The second-order valence-electron chi connectivity index (χ2n) is 4.88. The first-order valence-electron chi connectivity index (χ1n) is 6.47. The summed E-state index contributed by atoms with van der Waals surface area (Å²) in [5, 5.41) is 4.85. The zero-order valence-electron chi connectivity index (χ0n) is 11.2. The van der Waals surface area contributed by atoms with Crippen LogP contribution in [0.4, 0.5) is 0 Å². The lowest BCUT2D eigenvalue weighted by atomic mass is 9.88. The number of hydrogen-bond donors (Lipinski definition) is 2. The summed E-state index contributed by atoms with van der Waals surface area (Å²) < 4.78 is 0. The molecule has 18 heavy (non-hydrogen) atoms. The molecule has 0 aromatic carbocycles. The lowest BCUT2D eigenvalue weighted by Gasteiger charge is -2.19. The molecule has 1 rings (SSSR count). The summed E-state index contributed by atoms with van der Waals surface area (Å²) in [6, 6.07) is 0. The van der Waals surface area contributed by atoms with Crippen LogP contribution in [-0.2, 0) is 11.3 Å². The maximum Gasteiger partial charge on any atom is 0.220 e. The monoisotopic (exact) mass is 269 g/mol. The van der Waals surface area contributed by atoms with Crippen LogP contribution in [0.25, 0.3) is 0 Å². The van der Waals surface area contributed by atoms with Gasteiger partial charge in [-0.1, -0.05) is 13.8 Å². The van der Waals surface area contributed by atoms with E-state index in [-0.39, 0.29) is 5.91 Å². The summed E-state index contributed by atoms with van der Waals surface area (Å²) in [6.45, 7) is 5.61. The van der Waals surface area contributed by atoms with Crippen LogP contribution >= 0.6 is 11.3 Å². The maximum atomic E-state index is 11.7. The van der Waals surface area contributed by atoms with Gasteiger partial charge in [0, 0.05) is 11.8 Å². The summed E-state index contributed by atoms with van der Waals surface area (Å²) in [5.41, 5.74) is 8.29. The van der Waals surface area contributed by atoms with Gasteiger partial charge in [-0.2, -0.15) is 0 Å². The third-order valence-corrected chi connectivity index (χ3v) is 3.81. The van der Waals surface area contributed by atoms with Crippen LogP contribution in [0.2, 0.25) is 0 Å². The van der Waals surface area contributed by atoms with E-state index in [4.69, 9.17) is 5.73 Å². The first-order valence-corrected chi connectivity index (χ1v) is 7.41. The molecular weight excluding hydrogens is 246 g/mol. The minimum absolute atomic E-state index is 0.102. The zero-order chi connectivity index (χ0) is 13.4. The van der Waals surface area contributed by atoms with Crippen molar-refractivity contribution in [3.05, 3.63) is 16.6 Å². The Balaban J connectivity index is 2.23. The molecule has 1 aromatic heterocycles. The molecule has 5 heteroatoms. The van der Waals surface area contributed by atoms with Crippen LogP contribution in [-0.4, -0.2) is 17.4 Å². The average Bonchev–Trinajstić information content (AvgIpc) is 2.84. The molecule has 1 aromatic rings. The number of carbonyl (C=O) groups excluding carboxylic acids is 1. The van der Waals surface area contributed by atoms with Gasteiger partial charge in [0.2, 0.25) is 5.91 Å². The highest BCUT2D eigenvalue weighted by atomic mass is 32.1. The van der Waals surface area contributed by atoms with E-state index in [0.29, 0.717) is 31.3 Å². The van der Waals surface area contributed by atoms with E-state index < -0.39 is 0 Å². The van der Waals surface area contributed by atoms with Crippen molar-refractivity contribution >= 4 is 17.2 Å². The van der Waals surface area contributed by atoms with Crippen molar-refractivity contribution in [3.63, 3.8) is 0 Å². The Hall–Kier alpha value is -0.940. The van der Waals surface area contributed by atoms with Crippen molar-refractivity contribution in [3.8, 4) is 0 Å². The number of thiazole rings is 1. The van der Waals surface area contributed by atoms with Crippen molar-refractivity contribution < 1.29 is 4.79 Å². The predicted molar refractivity (Wildman–Crippen MR) is 75.2 cm³/mol. The molecule has 0 aliphatic rings. The molecule has 102 valence electrons. The van der Waals surface area contributed by atoms with Crippen molar-refractivity contribution in [2.24, 2.45) is 17.6 Å². The van der Waals surface area contributed by atoms with E-state index in [1.54, 1.807) is 16.8 Å². The van der Waals surface area contributed by atoms with Gasteiger partial charge in [0.1, 0.15) is 0 Å². The standard InChI is InChI=1S/C13H23N3OS/c1-10(2)11(5-6-14)3-4-13(17)15-7-12-8-18-9-16-12/h8-11H,3-7,14H2,1-2H3,(H,15,17). The van der Waals surface area contributed by atoms with E-state index in [2.05, 4.69) is 24.1 Å². The van der Waals surface area contributed by atoms with Gasteiger partial charge in [-0.3, -0.25) is 4.79 Å². The molecule has 3 N–H and O–H groups in total. The van der Waals surface area contributed by atoms with Gasteiger partial charge in [0.05, 0.1) is 17.7 Å². The lowest BCUT2D eigenvalue weighted by molar-refractivity contribution is -0.121. The Kier molecular flexibility index (Phi) is 6.90. The SMILES string of the molecule is CC(C)C(CCN)CCC(=O)NCc1cscn1. The molecule has 0 bridgehead atoms. The fourth-order valence-corrected chi connectivity index (χ4v) is 2.50. The Labute approximate surface area is 113 Å². The molecule has 1 amide bonds. The second kappa shape index (κ2) is 8.21. The number of carbonyl (C=O) groups is 1. The van der Waals surface area contributed by atoms with Gasteiger partial charge in [0.15, 0.2) is 0 Å². The van der Waals surface area contributed by atoms with Crippen molar-refractivity contribution in [1.29, 1.82) is 0 Å². The normalized spacial score (nSPS) is 12.7. The minimum Gasteiger partial charge on any atom is -0.350 e. The number of aromatic nitrogens is 1. The molecule has 4 nitrogen and oxygen atoms in total. The fourth-order valence-electron chi connectivity index (χ4n) is 1.94. The van der Waals surface area contributed by atoms with Gasteiger partial charge in [-0.15, -0.1) is 11.3 Å². The van der Waals surface area contributed by atoms with E-state index in [1.165, 1.54) is 0 Å². The molecule has 1 atom stereocenters. The summed E-state index contributed by atoms with van der Waals surface area (Å²) >= 11 is 1.54. The molecule has 0 aliphatic carbocycles. The molecular formula is C13H23N3OS. The van der Waals surface area contributed by atoms with Crippen LogP contribution < -0.4 is 11.1 Å². The maximum absolute atomic E-state index is 11.7. The third kappa shape index (κ3) is 5.60. The number of nitrogens with zero attached hydrogens (tertiary/aromatic N) is 1. The Morgan fingerprint density at radius 1 is 1.50 bits per heavy atom. The van der Waals surface area contributed by atoms with E-state index in [0.717, 1.165) is 18.5 Å². The third-order valence-electron chi connectivity index (χ3n) is 3.17. The number of nitrogens with two attached hydrogens (primary N) is 1. The first-order chi connectivity index (χ1) is 8.63. The Morgan fingerprint density at radius 2 is 2.28 bits per heavy atom. The highest BCUT2D eigenvalue weighted by molar-refractivity contribution is 7.07. The number of amides is 1. The van der Waals surface area contributed by atoms with Gasteiger partial charge in [-0.05, 0) is 31.2 Å². The zero-order valence-corrected chi connectivity index (χ0v) is 12.0. The van der Waals surface area contributed by atoms with Gasteiger partial charge >= 0.3 is 0 Å². The topological polar surface area (TPSA) is 68.0 Å². The summed E-state index contributed by atoms with van der Waals surface area (Å²) in [4.78, 5) is 15.8. The Bertz CT molecular complexity index is 338. The van der Waals surface area contributed by atoms with E-state index in [1.807, 2.05) is 5.38 Å². The van der Waals surface area contributed by atoms with Crippen LogP contribution in [0.15, 0.2) is 10.9 Å². The minimum atomic E-state index is 0.102. The fraction of sp³-hybridized carbons (Fsp3) is 0.692. The van der Waals surface area contributed by atoms with Crippen molar-refractivity contribution in [2.45, 2.75) is 39.7 Å². The summed E-state index contributed by atoms with van der Waals surface area (Å²) in [7, 11) is 0. The largest absolute Gasteiger partial charge is 0.350 e. The van der Waals surface area contributed by atoms with Gasteiger partial charge in [-0.25, -0.2) is 4.98 Å². The first kappa shape index (κ1) is 15.1. The average molecular weight is 269 g/mol. The summed E-state index contributed by atoms with van der Waals surface area (Å²) in [5.74, 6) is 1.23. The molecule has 0 fully saturated rings. The molecule has 0 aliphatic heterocycles. The van der Waals surface area contributed by atoms with Crippen LogP contribution in [0.5, 0.6) is 0 Å². The number of hydrogen-bond acceptors (Lipinski definition) is 4. The summed E-state index contributed by atoms with van der Waals surface area (Å²) in [6.07, 6.45) is 2.49. The van der Waals surface area contributed by atoms with Gasteiger partial charge < -0.3 is 11.1 Å². The van der Waals surface area contributed by atoms with Gasteiger partial charge in [0.25, 0.3) is 0 Å².